The van der Waals surface area contributed by atoms with Crippen LogP contribution in [0, 0.1) is 17.7 Å². The summed E-state index contributed by atoms with van der Waals surface area (Å²) < 4.78 is 13.7. The van der Waals surface area contributed by atoms with E-state index in [2.05, 4.69) is 23.7 Å². The van der Waals surface area contributed by atoms with Crippen LogP contribution in [0.1, 0.15) is 30.9 Å². The molecule has 0 saturated carbocycles. The number of thioether (sulfide) groups is 1. The molecule has 1 aromatic rings. The van der Waals surface area contributed by atoms with E-state index in [0.29, 0.717) is 17.2 Å². The van der Waals surface area contributed by atoms with Crippen molar-refractivity contribution in [3.05, 3.63) is 35.1 Å². The molecule has 1 N–H and O–H groups in total. The van der Waals surface area contributed by atoms with Gasteiger partial charge in [0.25, 0.3) is 0 Å². The van der Waals surface area contributed by atoms with Crippen molar-refractivity contribution in [1.29, 1.82) is 0 Å². The van der Waals surface area contributed by atoms with E-state index in [0.717, 1.165) is 25.2 Å². The Labute approximate surface area is 130 Å². The number of rotatable bonds is 4. The van der Waals surface area contributed by atoms with Crippen LogP contribution in [0.3, 0.4) is 0 Å². The van der Waals surface area contributed by atoms with Gasteiger partial charge in [0.15, 0.2) is 0 Å². The minimum Gasteiger partial charge on any atom is -0.395 e. The van der Waals surface area contributed by atoms with E-state index >= 15 is 0 Å². The number of hydrogen-bond acceptors (Lipinski definition) is 3. The van der Waals surface area contributed by atoms with Crippen LogP contribution < -0.4 is 0 Å². The third kappa shape index (κ3) is 5.03. The first-order valence-corrected chi connectivity index (χ1v) is 8.50. The Morgan fingerprint density at radius 3 is 3.10 bits per heavy atom. The summed E-state index contributed by atoms with van der Waals surface area (Å²) in [5, 5.41) is 9.44. The summed E-state index contributed by atoms with van der Waals surface area (Å²) >= 11 is 2.05. The molecular weight excluding hydrogens is 285 g/mol. The first-order chi connectivity index (χ1) is 10.2. The molecule has 2 nitrogen and oxygen atoms in total. The Balaban J connectivity index is 2.03. The van der Waals surface area contributed by atoms with Gasteiger partial charge in [-0.3, -0.25) is 4.90 Å². The highest BCUT2D eigenvalue weighted by molar-refractivity contribution is 8.00. The molecule has 0 aromatic heterocycles. The van der Waals surface area contributed by atoms with Gasteiger partial charge in [0.1, 0.15) is 5.82 Å². The van der Waals surface area contributed by atoms with E-state index < -0.39 is 0 Å². The highest BCUT2D eigenvalue weighted by Gasteiger charge is 2.19. The summed E-state index contributed by atoms with van der Waals surface area (Å²) in [4.78, 5) is 2.43. The Kier molecular flexibility index (Phi) is 6.56. The highest BCUT2D eigenvalue weighted by Crippen LogP contribution is 2.22. The summed E-state index contributed by atoms with van der Waals surface area (Å²) in [5.41, 5.74) is 1.53. The van der Waals surface area contributed by atoms with Crippen LogP contribution in [-0.2, 0) is 6.54 Å². The first-order valence-electron chi connectivity index (χ1n) is 7.45. The van der Waals surface area contributed by atoms with Crippen LogP contribution in [0.4, 0.5) is 4.39 Å². The van der Waals surface area contributed by atoms with Crippen LogP contribution in [0.2, 0.25) is 0 Å². The number of aliphatic hydroxyl groups excluding tert-OH is 1. The SMILES string of the molecule is CCC1CN(Cc2ccc(F)c(C#CCCO)c2)CCS1. The van der Waals surface area contributed by atoms with Crippen LogP contribution in [-0.4, -0.2) is 40.7 Å². The maximum Gasteiger partial charge on any atom is 0.138 e. The molecule has 0 amide bonds. The summed E-state index contributed by atoms with van der Waals surface area (Å²) in [6.07, 6.45) is 1.58. The van der Waals surface area contributed by atoms with Gasteiger partial charge in [0.2, 0.25) is 0 Å². The summed E-state index contributed by atoms with van der Waals surface area (Å²) in [7, 11) is 0. The Morgan fingerprint density at radius 1 is 1.48 bits per heavy atom. The van der Waals surface area contributed by atoms with Gasteiger partial charge in [-0.2, -0.15) is 11.8 Å². The van der Waals surface area contributed by atoms with Gasteiger partial charge in [-0.05, 0) is 24.1 Å². The van der Waals surface area contributed by atoms with Crippen molar-refractivity contribution in [1.82, 2.24) is 4.90 Å². The molecule has 1 saturated heterocycles. The van der Waals surface area contributed by atoms with E-state index in [1.165, 1.54) is 18.2 Å². The van der Waals surface area contributed by atoms with Crippen molar-refractivity contribution in [3.63, 3.8) is 0 Å². The van der Waals surface area contributed by atoms with Crippen molar-refractivity contribution >= 4 is 11.8 Å². The number of hydrogen-bond donors (Lipinski definition) is 1. The largest absolute Gasteiger partial charge is 0.395 e. The number of benzene rings is 1. The predicted octanol–water partition coefficient (Wildman–Crippen LogP) is 2.89. The molecular formula is C17H22FNOS. The third-order valence-corrected chi connectivity index (χ3v) is 4.95. The Hall–Kier alpha value is -1.02. The highest BCUT2D eigenvalue weighted by atomic mass is 32.2. The normalized spacial score (nSPS) is 19.1. The summed E-state index contributed by atoms with van der Waals surface area (Å²) in [6, 6.07) is 5.17. The maximum atomic E-state index is 13.7. The second kappa shape index (κ2) is 8.43. The molecule has 4 heteroatoms. The van der Waals surface area contributed by atoms with Crippen molar-refractivity contribution < 1.29 is 9.50 Å². The quantitative estimate of drug-likeness (QED) is 0.865. The van der Waals surface area contributed by atoms with Crippen LogP contribution in [0.5, 0.6) is 0 Å². The van der Waals surface area contributed by atoms with Gasteiger partial charge in [-0.25, -0.2) is 4.39 Å². The minimum absolute atomic E-state index is 0.0121. The molecule has 1 fully saturated rings. The smallest absolute Gasteiger partial charge is 0.138 e. The van der Waals surface area contributed by atoms with Crippen LogP contribution >= 0.6 is 11.8 Å². The van der Waals surface area contributed by atoms with Gasteiger partial charge in [-0.15, -0.1) is 0 Å². The van der Waals surface area contributed by atoms with E-state index in [1.807, 2.05) is 23.9 Å². The van der Waals surface area contributed by atoms with Gasteiger partial charge >= 0.3 is 0 Å². The van der Waals surface area contributed by atoms with Gasteiger partial charge in [0.05, 0.1) is 12.2 Å². The molecule has 1 heterocycles. The zero-order valence-corrected chi connectivity index (χ0v) is 13.3. The Bertz CT molecular complexity index is 523. The molecule has 1 unspecified atom stereocenters. The lowest BCUT2D eigenvalue weighted by Gasteiger charge is -2.31. The fraction of sp³-hybridized carbons (Fsp3) is 0.529. The van der Waals surface area contributed by atoms with Gasteiger partial charge < -0.3 is 5.11 Å². The lowest BCUT2D eigenvalue weighted by atomic mass is 10.1. The van der Waals surface area contributed by atoms with E-state index in [9.17, 15) is 4.39 Å². The molecule has 0 spiro atoms. The lowest BCUT2D eigenvalue weighted by Crippen LogP contribution is -2.37. The molecule has 1 aromatic carbocycles. The lowest BCUT2D eigenvalue weighted by molar-refractivity contribution is 0.273. The van der Waals surface area contributed by atoms with Crippen molar-refractivity contribution in [3.8, 4) is 11.8 Å². The molecule has 1 aliphatic rings. The molecule has 0 bridgehead atoms. The van der Waals surface area contributed by atoms with E-state index in [1.54, 1.807) is 0 Å². The fourth-order valence-corrected chi connectivity index (χ4v) is 3.66. The summed E-state index contributed by atoms with van der Waals surface area (Å²) in [5.74, 6) is 6.47. The number of nitrogens with zero attached hydrogens (tertiary/aromatic N) is 1. The number of halogens is 1. The number of aliphatic hydroxyl groups is 1. The van der Waals surface area contributed by atoms with Crippen molar-refractivity contribution in [2.75, 3.05) is 25.4 Å². The molecule has 2 rings (SSSR count). The monoisotopic (exact) mass is 307 g/mol. The second-order valence-corrected chi connectivity index (χ2v) is 6.63. The molecule has 1 aliphatic heterocycles. The maximum absolute atomic E-state index is 13.7. The Morgan fingerprint density at radius 2 is 2.33 bits per heavy atom. The van der Waals surface area contributed by atoms with Crippen molar-refractivity contribution in [2.45, 2.75) is 31.6 Å². The molecule has 0 aliphatic carbocycles. The third-order valence-electron chi connectivity index (χ3n) is 3.58. The predicted molar refractivity (Wildman–Crippen MR) is 86.8 cm³/mol. The van der Waals surface area contributed by atoms with E-state index in [4.69, 9.17) is 5.11 Å². The molecule has 0 radical (unpaired) electrons. The standard InChI is InChI=1S/C17H22FNOS/c1-2-16-13-19(8-10-21-16)12-14-6-7-17(18)15(11-14)5-3-4-9-20/h6-7,11,16,20H,2,4,8-10,12-13H2,1H3. The zero-order valence-electron chi connectivity index (χ0n) is 12.4. The summed E-state index contributed by atoms with van der Waals surface area (Å²) in [6.45, 7) is 5.28. The van der Waals surface area contributed by atoms with E-state index in [-0.39, 0.29) is 12.4 Å². The molecule has 21 heavy (non-hydrogen) atoms. The average molecular weight is 307 g/mol. The second-order valence-electron chi connectivity index (χ2n) is 5.23. The molecule has 1 atom stereocenters. The van der Waals surface area contributed by atoms with Gasteiger partial charge in [0, 0.05) is 37.1 Å². The van der Waals surface area contributed by atoms with Crippen LogP contribution in [0.25, 0.3) is 0 Å². The fourth-order valence-electron chi connectivity index (χ4n) is 2.41. The van der Waals surface area contributed by atoms with Crippen molar-refractivity contribution in [2.24, 2.45) is 0 Å². The first kappa shape index (κ1) is 16.4. The van der Waals surface area contributed by atoms with Crippen LogP contribution in [0.15, 0.2) is 18.2 Å². The van der Waals surface area contributed by atoms with Gasteiger partial charge in [-0.1, -0.05) is 24.8 Å². The topological polar surface area (TPSA) is 23.5 Å². The minimum atomic E-state index is -0.287. The molecule has 114 valence electrons. The zero-order chi connectivity index (χ0) is 15.1. The average Bonchev–Trinajstić information content (AvgIpc) is 2.51.